The highest BCUT2D eigenvalue weighted by atomic mass is 32.2. The lowest BCUT2D eigenvalue weighted by atomic mass is 10.1. The number of anilines is 1. The molecular formula is C20H32N2O3S2. The smallest absolute Gasteiger partial charge is 0.256 e. The third-order valence-corrected chi connectivity index (χ3v) is 7.33. The summed E-state index contributed by atoms with van der Waals surface area (Å²) in [4.78, 5) is 15.3. The predicted octanol–water partition coefficient (Wildman–Crippen LogP) is 4.50. The van der Waals surface area contributed by atoms with Crippen LogP contribution in [0, 0.1) is 0 Å². The molecule has 7 heteroatoms. The average molecular weight is 413 g/mol. The van der Waals surface area contributed by atoms with E-state index in [1.54, 1.807) is 19.2 Å². The Hall–Kier alpha value is -1.21. The maximum atomic E-state index is 13.3. The monoisotopic (exact) mass is 412 g/mol. The molecule has 152 valence electrons. The SMILES string of the molecule is CCCOc1cc(N)c(C(=O)N2CCC[C@H]2C(SCC)SCC)cc1OC. The third kappa shape index (κ3) is 5.41. The molecule has 1 saturated heterocycles. The van der Waals surface area contributed by atoms with Crippen LogP contribution in [0.3, 0.4) is 0 Å². The molecule has 0 saturated carbocycles. The molecule has 5 nitrogen and oxygen atoms in total. The van der Waals surface area contributed by atoms with E-state index in [1.165, 1.54) is 0 Å². The molecule has 0 radical (unpaired) electrons. The van der Waals surface area contributed by atoms with E-state index in [0.717, 1.165) is 37.3 Å². The van der Waals surface area contributed by atoms with Crippen LogP contribution in [0.2, 0.25) is 0 Å². The first-order chi connectivity index (χ1) is 13.1. The summed E-state index contributed by atoms with van der Waals surface area (Å²) in [6.07, 6.45) is 2.98. The molecule has 0 aromatic heterocycles. The number of ether oxygens (including phenoxy) is 2. The van der Waals surface area contributed by atoms with Gasteiger partial charge < -0.3 is 20.1 Å². The highest BCUT2D eigenvalue weighted by molar-refractivity contribution is 8.17. The summed E-state index contributed by atoms with van der Waals surface area (Å²) in [5, 5.41) is 0. The van der Waals surface area contributed by atoms with Crippen molar-refractivity contribution in [3.05, 3.63) is 17.7 Å². The first-order valence-electron chi connectivity index (χ1n) is 9.71. The summed E-state index contributed by atoms with van der Waals surface area (Å²) < 4.78 is 11.6. The lowest BCUT2D eigenvalue weighted by Gasteiger charge is -2.31. The number of hydrogen-bond donors (Lipinski definition) is 1. The molecule has 1 aliphatic heterocycles. The van der Waals surface area contributed by atoms with E-state index in [2.05, 4.69) is 13.8 Å². The fourth-order valence-electron chi connectivity index (χ4n) is 3.33. The topological polar surface area (TPSA) is 64.8 Å². The Bertz CT molecular complexity index is 621. The molecule has 1 atom stereocenters. The molecule has 1 aromatic rings. The van der Waals surface area contributed by atoms with E-state index in [9.17, 15) is 4.79 Å². The molecule has 0 spiro atoms. The number of nitrogen functional groups attached to an aromatic ring is 1. The minimum Gasteiger partial charge on any atom is -0.493 e. The van der Waals surface area contributed by atoms with Crippen molar-refractivity contribution in [3.8, 4) is 11.5 Å². The van der Waals surface area contributed by atoms with Crippen molar-refractivity contribution in [2.24, 2.45) is 0 Å². The van der Waals surface area contributed by atoms with E-state index in [4.69, 9.17) is 15.2 Å². The van der Waals surface area contributed by atoms with Crippen molar-refractivity contribution < 1.29 is 14.3 Å². The molecule has 1 amide bonds. The van der Waals surface area contributed by atoms with Crippen LogP contribution in [0.25, 0.3) is 0 Å². The van der Waals surface area contributed by atoms with Gasteiger partial charge in [-0.2, -0.15) is 0 Å². The van der Waals surface area contributed by atoms with Crippen LogP contribution in [0.15, 0.2) is 12.1 Å². The number of likely N-dealkylation sites (tertiary alicyclic amines) is 1. The maximum Gasteiger partial charge on any atom is 0.256 e. The second-order valence-corrected chi connectivity index (χ2v) is 9.56. The number of methoxy groups -OCH3 is 1. The van der Waals surface area contributed by atoms with Crippen molar-refractivity contribution in [3.63, 3.8) is 0 Å². The average Bonchev–Trinajstić information content (AvgIpc) is 3.15. The Labute approximate surface area is 171 Å². The van der Waals surface area contributed by atoms with Gasteiger partial charge >= 0.3 is 0 Å². The molecule has 0 unspecified atom stereocenters. The van der Waals surface area contributed by atoms with E-state index in [0.29, 0.717) is 33.9 Å². The number of rotatable bonds is 10. The van der Waals surface area contributed by atoms with Gasteiger partial charge in [0.25, 0.3) is 5.91 Å². The largest absolute Gasteiger partial charge is 0.493 e. The predicted molar refractivity (Wildman–Crippen MR) is 117 cm³/mol. The number of carbonyl (C=O) groups is 1. The van der Waals surface area contributed by atoms with Gasteiger partial charge in [-0.25, -0.2) is 0 Å². The van der Waals surface area contributed by atoms with Gasteiger partial charge in [0.2, 0.25) is 0 Å². The zero-order valence-electron chi connectivity index (χ0n) is 16.8. The van der Waals surface area contributed by atoms with E-state index in [1.807, 2.05) is 35.3 Å². The zero-order chi connectivity index (χ0) is 19.8. The molecule has 2 N–H and O–H groups in total. The molecular weight excluding hydrogens is 380 g/mol. The molecule has 1 heterocycles. The van der Waals surface area contributed by atoms with Crippen LogP contribution in [0.4, 0.5) is 5.69 Å². The highest BCUT2D eigenvalue weighted by Gasteiger charge is 2.36. The molecule has 0 aliphatic carbocycles. The van der Waals surface area contributed by atoms with Crippen LogP contribution in [-0.4, -0.2) is 53.2 Å². The first kappa shape index (κ1) is 22.1. The molecule has 1 aromatic carbocycles. The minimum absolute atomic E-state index is 0.00579. The number of nitrogens with zero attached hydrogens (tertiary/aromatic N) is 1. The van der Waals surface area contributed by atoms with Gasteiger partial charge in [0, 0.05) is 18.3 Å². The standard InChI is InChI=1S/C20H32N2O3S2/c1-5-11-25-18-13-15(21)14(12-17(18)24-4)19(23)22-10-8-9-16(22)20(26-6-2)27-7-3/h12-13,16,20H,5-11,21H2,1-4H3/t16-/m0/s1. The summed E-state index contributed by atoms with van der Waals surface area (Å²) in [7, 11) is 1.59. The second-order valence-electron chi connectivity index (χ2n) is 6.43. The lowest BCUT2D eigenvalue weighted by Crippen LogP contribution is -2.41. The Morgan fingerprint density at radius 1 is 1.26 bits per heavy atom. The summed E-state index contributed by atoms with van der Waals surface area (Å²) >= 11 is 3.86. The van der Waals surface area contributed by atoms with E-state index < -0.39 is 0 Å². The number of hydrogen-bond acceptors (Lipinski definition) is 6. The van der Waals surface area contributed by atoms with Gasteiger partial charge in [-0.05, 0) is 36.8 Å². The van der Waals surface area contributed by atoms with Crippen molar-refractivity contribution in [1.82, 2.24) is 4.90 Å². The van der Waals surface area contributed by atoms with Crippen molar-refractivity contribution in [1.29, 1.82) is 0 Å². The normalized spacial score (nSPS) is 16.8. The Balaban J connectivity index is 2.27. The minimum atomic E-state index is -0.00579. The van der Waals surface area contributed by atoms with Crippen LogP contribution >= 0.6 is 23.5 Å². The third-order valence-electron chi connectivity index (χ3n) is 4.56. The van der Waals surface area contributed by atoms with Gasteiger partial charge in [0.1, 0.15) is 0 Å². The van der Waals surface area contributed by atoms with Crippen molar-refractivity contribution in [2.45, 2.75) is 50.7 Å². The quantitative estimate of drug-likeness (QED) is 0.451. The van der Waals surface area contributed by atoms with Gasteiger partial charge in [-0.1, -0.05) is 20.8 Å². The molecule has 2 rings (SSSR count). The molecule has 0 bridgehead atoms. The van der Waals surface area contributed by atoms with Gasteiger partial charge in [0.05, 0.1) is 29.9 Å². The number of carbonyl (C=O) groups excluding carboxylic acids is 1. The summed E-state index contributed by atoms with van der Waals surface area (Å²) in [5.41, 5.74) is 7.18. The number of benzene rings is 1. The van der Waals surface area contributed by atoms with Crippen LogP contribution < -0.4 is 15.2 Å². The maximum absolute atomic E-state index is 13.3. The van der Waals surface area contributed by atoms with E-state index in [-0.39, 0.29) is 11.9 Å². The first-order valence-corrected chi connectivity index (χ1v) is 11.8. The van der Waals surface area contributed by atoms with Crippen molar-refractivity contribution in [2.75, 3.05) is 37.5 Å². The molecule has 27 heavy (non-hydrogen) atoms. The van der Waals surface area contributed by atoms with Gasteiger partial charge in [0.15, 0.2) is 11.5 Å². The number of amides is 1. The lowest BCUT2D eigenvalue weighted by molar-refractivity contribution is 0.0746. The zero-order valence-corrected chi connectivity index (χ0v) is 18.5. The van der Waals surface area contributed by atoms with Gasteiger partial charge in [-0.3, -0.25) is 4.79 Å². The molecule has 1 fully saturated rings. The van der Waals surface area contributed by atoms with Crippen LogP contribution in [0.1, 0.15) is 50.4 Å². The Morgan fingerprint density at radius 2 is 1.96 bits per heavy atom. The van der Waals surface area contributed by atoms with Crippen LogP contribution in [0.5, 0.6) is 11.5 Å². The molecule has 1 aliphatic rings. The fourth-order valence-corrected chi connectivity index (χ4v) is 6.20. The number of thioether (sulfide) groups is 2. The number of nitrogens with two attached hydrogens (primary N) is 1. The Morgan fingerprint density at radius 3 is 2.56 bits per heavy atom. The Kier molecular flexibility index (Phi) is 8.96. The summed E-state index contributed by atoms with van der Waals surface area (Å²) in [6.45, 7) is 7.76. The van der Waals surface area contributed by atoms with Crippen molar-refractivity contribution >= 4 is 35.1 Å². The second kappa shape index (κ2) is 11.0. The fraction of sp³-hybridized carbons (Fsp3) is 0.650. The van der Waals surface area contributed by atoms with E-state index >= 15 is 0 Å². The van der Waals surface area contributed by atoms with Crippen LogP contribution in [-0.2, 0) is 0 Å². The summed E-state index contributed by atoms with van der Waals surface area (Å²) in [5.74, 6) is 3.24. The summed E-state index contributed by atoms with van der Waals surface area (Å²) in [6, 6.07) is 3.69. The van der Waals surface area contributed by atoms with Gasteiger partial charge in [-0.15, -0.1) is 23.5 Å². The highest BCUT2D eigenvalue weighted by Crippen LogP contribution is 2.38.